The van der Waals surface area contributed by atoms with Crippen LogP contribution in [0.3, 0.4) is 0 Å². The Hall–Kier alpha value is -2.57. The molecule has 0 radical (unpaired) electrons. The molecule has 1 amide bonds. The van der Waals surface area contributed by atoms with Gasteiger partial charge in [0.1, 0.15) is 6.04 Å². The highest BCUT2D eigenvalue weighted by atomic mass is 16.4. The summed E-state index contributed by atoms with van der Waals surface area (Å²) in [6, 6.07) is 6.36. The minimum atomic E-state index is -0.932. The van der Waals surface area contributed by atoms with Crippen molar-refractivity contribution in [3.05, 3.63) is 34.8 Å². The summed E-state index contributed by atoms with van der Waals surface area (Å²) in [7, 11) is 0. The highest BCUT2D eigenvalue weighted by molar-refractivity contribution is 5.85. The van der Waals surface area contributed by atoms with Crippen molar-refractivity contribution in [2.24, 2.45) is 5.92 Å². The van der Waals surface area contributed by atoms with Gasteiger partial charge in [0.15, 0.2) is 5.58 Å². The normalized spacial score (nSPS) is 25.4. The van der Waals surface area contributed by atoms with Gasteiger partial charge in [0, 0.05) is 19.0 Å². The Morgan fingerprint density at radius 2 is 1.96 bits per heavy atom. The number of aryl methyl sites for hydroxylation is 1. The Bertz CT molecular complexity index is 899. The molecule has 3 atom stereocenters. The lowest BCUT2D eigenvalue weighted by molar-refractivity contribution is -0.150. The van der Waals surface area contributed by atoms with Gasteiger partial charge in [-0.2, -0.15) is 0 Å². The number of aliphatic carboxylic acids is 1. The highest BCUT2D eigenvalue weighted by Crippen LogP contribution is 2.40. The molecule has 1 N–H and O–H groups in total. The molecule has 2 fully saturated rings. The number of carbonyl (C=O) groups is 2. The summed E-state index contributed by atoms with van der Waals surface area (Å²) < 4.78 is 6.63. The van der Waals surface area contributed by atoms with Gasteiger partial charge >= 0.3 is 11.7 Å². The fourth-order valence-corrected chi connectivity index (χ4v) is 4.60. The van der Waals surface area contributed by atoms with E-state index in [-0.39, 0.29) is 30.8 Å². The number of nitrogens with zero attached hydrogens (tertiary/aromatic N) is 2. The Kier molecular flexibility index (Phi) is 4.30. The topological polar surface area (TPSA) is 92.8 Å². The second kappa shape index (κ2) is 6.63. The van der Waals surface area contributed by atoms with Gasteiger partial charge in [0.05, 0.1) is 5.52 Å². The van der Waals surface area contributed by atoms with Gasteiger partial charge in [-0.15, -0.1) is 0 Å². The maximum absolute atomic E-state index is 12.9. The van der Waals surface area contributed by atoms with E-state index in [9.17, 15) is 19.5 Å². The zero-order valence-corrected chi connectivity index (χ0v) is 14.5. The molecule has 0 bridgehead atoms. The summed E-state index contributed by atoms with van der Waals surface area (Å²) in [5.41, 5.74) is 1.14. The van der Waals surface area contributed by atoms with Crippen LogP contribution in [0.25, 0.3) is 11.1 Å². The third-order valence-electron chi connectivity index (χ3n) is 5.78. The Morgan fingerprint density at radius 3 is 2.77 bits per heavy atom. The largest absolute Gasteiger partial charge is 0.480 e. The van der Waals surface area contributed by atoms with E-state index in [1.54, 1.807) is 23.1 Å². The Labute approximate surface area is 150 Å². The van der Waals surface area contributed by atoms with Crippen LogP contribution >= 0.6 is 0 Å². The number of rotatable bonds is 4. The summed E-state index contributed by atoms with van der Waals surface area (Å²) in [4.78, 5) is 38.2. The van der Waals surface area contributed by atoms with E-state index in [2.05, 4.69) is 0 Å². The lowest BCUT2D eigenvalue weighted by Crippen LogP contribution is -2.46. The summed E-state index contributed by atoms with van der Waals surface area (Å²) in [6.07, 6.45) is 4.63. The van der Waals surface area contributed by atoms with Gasteiger partial charge in [-0.25, -0.2) is 9.59 Å². The van der Waals surface area contributed by atoms with E-state index >= 15 is 0 Å². The first-order valence-electron chi connectivity index (χ1n) is 9.18. The molecule has 0 unspecified atom stereocenters. The number of hydrogen-bond acceptors (Lipinski definition) is 4. The molecule has 0 spiro atoms. The molecule has 1 aromatic heterocycles. The van der Waals surface area contributed by atoms with Crippen LogP contribution in [0.4, 0.5) is 0 Å². The number of carbonyl (C=O) groups excluding carboxylic acids is 1. The average Bonchev–Trinajstić information content (AvgIpc) is 3.17. The van der Waals surface area contributed by atoms with E-state index in [1.165, 1.54) is 4.57 Å². The number of benzene rings is 1. The number of carboxylic acid groups (broad SMARTS) is 1. The van der Waals surface area contributed by atoms with Crippen LogP contribution in [0, 0.1) is 5.92 Å². The minimum absolute atomic E-state index is 0.0233. The van der Waals surface area contributed by atoms with E-state index in [1.807, 2.05) is 6.07 Å². The molecule has 1 aliphatic heterocycles. The van der Waals surface area contributed by atoms with Crippen molar-refractivity contribution >= 4 is 23.0 Å². The molecule has 1 saturated carbocycles. The monoisotopic (exact) mass is 358 g/mol. The standard InChI is InChI=1S/C19H22N2O5/c22-17(9-10-20-14-7-3-4-8-16(14)26-19(20)25)21-13-6-2-1-5-12(13)11-15(21)18(23)24/h3-4,7-8,12-13,15H,1-2,5-6,9-11H2,(H,23,24)/t12-,13+,15-/m0/s1. The van der Waals surface area contributed by atoms with Gasteiger partial charge < -0.3 is 14.4 Å². The van der Waals surface area contributed by atoms with Crippen molar-refractivity contribution in [2.45, 2.75) is 57.2 Å². The second-order valence-electron chi connectivity index (χ2n) is 7.24. The quantitative estimate of drug-likeness (QED) is 0.905. The maximum atomic E-state index is 12.9. The third-order valence-corrected chi connectivity index (χ3v) is 5.78. The first-order chi connectivity index (χ1) is 12.6. The first kappa shape index (κ1) is 16.9. The molecule has 26 heavy (non-hydrogen) atoms. The number of para-hydroxylation sites is 2. The molecule has 1 aliphatic carbocycles. The van der Waals surface area contributed by atoms with Gasteiger partial charge in [-0.05, 0) is 37.3 Å². The molecular formula is C19H22N2O5. The molecule has 4 rings (SSSR count). The predicted octanol–water partition coefficient (Wildman–Crippen LogP) is 2.23. The molecule has 1 saturated heterocycles. The molecule has 7 heteroatoms. The van der Waals surface area contributed by atoms with Crippen molar-refractivity contribution in [2.75, 3.05) is 0 Å². The van der Waals surface area contributed by atoms with Crippen LogP contribution in [-0.4, -0.2) is 38.5 Å². The summed E-state index contributed by atoms with van der Waals surface area (Å²) >= 11 is 0. The smallest absolute Gasteiger partial charge is 0.419 e. The lowest BCUT2D eigenvalue weighted by atomic mass is 9.84. The van der Waals surface area contributed by atoms with Crippen LogP contribution in [0.1, 0.15) is 38.5 Å². The van der Waals surface area contributed by atoms with Crippen LogP contribution in [0.15, 0.2) is 33.5 Å². The van der Waals surface area contributed by atoms with E-state index in [0.717, 1.165) is 25.7 Å². The fourth-order valence-electron chi connectivity index (χ4n) is 4.60. The van der Waals surface area contributed by atoms with Crippen molar-refractivity contribution in [1.82, 2.24) is 9.47 Å². The van der Waals surface area contributed by atoms with Gasteiger partial charge in [0.2, 0.25) is 5.91 Å². The number of aromatic nitrogens is 1. The van der Waals surface area contributed by atoms with Crippen molar-refractivity contribution in [3.8, 4) is 0 Å². The number of amides is 1. The SMILES string of the molecule is O=C(O)[C@@H]1C[C@@H]2CCCC[C@H]2N1C(=O)CCn1c(=O)oc2ccccc21. The number of carboxylic acids is 1. The number of fused-ring (bicyclic) bond motifs is 2. The number of oxazole rings is 1. The zero-order valence-electron chi connectivity index (χ0n) is 14.5. The molecule has 7 nitrogen and oxygen atoms in total. The molecule has 138 valence electrons. The third kappa shape index (κ3) is 2.81. The van der Waals surface area contributed by atoms with Crippen molar-refractivity contribution in [1.29, 1.82) is 0 Å². The van der Waals surface area contributed by atoms with Crippen molar-refractivity contribution in [3.63, 3.8) is 0 Å². The summed E-state index contributed by atoms with van der Waals surface area (Å²) in [6.45, 7) is 0.189. The lowest BCUT2D eigenvalue weighted by Gasteiger charge is -2.33. The zero-order chi connectivity index (χ0) is 18.3. The molecule has 2 aliphatic rings. The van der Waals surface area contributed by atoms with E-state index < -0.39 is 17.8 Å². The van der Waals surface area contributed by atoms with Crippen LogP contribution < -0.4 is 5.76 Å². The van der Waals surface area contributed by atoms with Crippen LogP contribution in [0.2, 0.25) is 0 Å². The fraction of sp³-hybridized carbons (Fsp3) is 0.526. The van der Waals surface area contributed by atoms with E-state index in [4.69, 9.17) is 4.42 Å². The van der Waals surface area contributed by atoms with Crippen LogP contribution in [0.5, 0.6) is 0 Å². The van der Waals surface area contributed by atoms with Crippen LogP contribution in [-0.2, 0) is 16.1 Å². The number of likely N-dealkylation sites (tertiary alicyclic amines) is 1. The van der Waals surface area contributed by atoms with Gasteiger partial charge in [0.25, 0.3) is 0 Å². The maximum Gasteiger partial charge on any atom is 0.419 e. The second-order valence-corrected chi connectivity index (χ2v) is 7.24. The molecule has 1 aromatic carbocycles. The highest BCUT2D eigenvalue weighted by Gasteiger charge is 2.47. The van der Waals surface area contributed by atoms with Gasteiger partial charge in [-0.3, -0.25) is 9.36 Å². The predicted molar refractivity (Wildman–Crippen MR) is 93.7 cm³/mol. The summed E-state index contributed by atoms with van der Waals surface area (Å²) in [5, 5.41) is 9.55. The van der Waals surface area contributed by atoms with Gasteiger partial charge in [-0.1, -0.05) is 25.0 Å². The minimum Gasteiger partial charge on any atom is -0.480 e. The first-order valence-corrected chi connectivity index (χ1v) is 9.18. The number of hydrogen-bond donors (Lipinski definition) is 1. The molecule has 2 heterocycles. The van der Waals surface area contributed by atoms with Crippen molar-refractivity contribution < 1.29 is 19.1 Å². The Morgan fingerprint density at radius 1 is 1.19 bits per heavy atom. The molecule has 2 aromatic rings. The van der Waals surface area contributed by atoms with E-state index in [0.29, 0.717) is 17.5 Å². The Balaban J connectivity index is 1.54. The molecular weight excluding hydrogens is 336 g/mol. The summed E-state index contributed by atoms with van der Waals surface area (Å²) in [5.74, 6) is -1.33. The average molecular weight is 358 g/mol.